The molecular formula is C13H14Cl2NO3S+. The van der Waals surface area contributed by atoms with Gasteiger partial charge in [0.1, 0.15) is 16.8 Å². The number of hydrogen-bond donors (Lipinski definition) is 2. The molecule has 0 bridgehead atoms. The van der Waals surface area contributed by atoms with E-state index in [0.29, 0.717) is 22.0 Å². The summed E-state index contributed by atoms with van der Waals surface area (Å²) >= 11 is 11.4. The zero-order valence-corrected chi connectivity index (χ0v) is 12.9. The van der Waals surface area contributed by atoms with Gasteiger partial charge in [-0.15, -0.1) is 0 Å². The van der Waals surface area contributed by atoms with Crippen LogP contribution in [0.5, 0.6) is 0 Å². The van der Waals surface area contributed by atoms with Crippen LogP contribution in [-0.4, -0.2) is 28.0 Å². The summed E-state index contributed by atoms with van der Waals surface area (Å²) in [5.74, 6) is -0.364. The zero-order chi connectivity index (χ0) is 14.7. The number of halogens is 2. The minimum atomic E-state index is -0.845. The van der Waals surface area contributed by atoms with Gasteiger partial charge in [-0.3, -0.25) is 4.79 Å². The Morgan fingerprint density at radius 2 is 2.00 bits per heavy atom. The largest absolute Gasteiger partial charge is 0.477 e. The monoisotopic (exact) mass is 334 g/mol. The van der Waals surface area contributed by atoms with Crippen molar-refractivity contribution in [3.05, 3.63) is 33.8 Å². The Hall–Kier alpha value is -0.910. The van der Waals surface area contributed by atoms with Crippen LogP contribution >= 0.6 is 23.2 Å². The van der Waals surface area contributed by atoms with E-state index in [1.165, 1.54) is 0 Å². The summed E-state index contributed by atoms with van der Waals surface area (Å²) < 4.78 is 2.80. The van der Waals surface area contributed by atoms with E-state index in [1.54, 1.807) is 18.2 Å². The first-order valence-corrected chi connectivity index (χ1v) is 8.35. The van der Waals surface area contributed by atoms with Gasteiger partial charge in [0.25, 0.3) is 5.91 Å². The van der Waals surface area contributed by atoms with Crippen LogP contribution in [0.3, 0.4) is 0 Å². The van der Waals surface area contributed by atoms with Crippen LogP contribution in [-0.2, 0) is 27.1 Å². The maximum absolute atomic E-state index is 12.0. The lowest BCUT2D eigenvalue weighted by atomic mass is 10.1. The number of hydrogen-bond acceptors (Lipinski definition) is 2. The van der Waals surface area contributed by atoms with Crippen LogP contribution in [0.2, 0.25) is 10.0 Å². The topological polar surface area (TPSA) is 66.4 Å². The van der Waals surface area contributed by atoms with Crippen molar-refractivity contribution in [3.8, 4) is 0 Å². The van der Waals surface area contributed by atoms with Gasteiger partial charge in [-0.25, -0.2) is 4.79 Å². The fraction of sp³-hybridized carbons (Fsp3) is 0.385. The van der Waals surface area contributed by atoms with Gasteiger partial charge in [0.2, 0.25) is 5.25 Å². The van der Waals surface area contributed by atoms with E-state index in [2.05, 4.69) is 4.72 Å². The molecule has 0 aliphatic carbocycles. The number of rotatable bonds is 4. The highest BCUT2D eigenvalue weighted by atomic mass is 35.5. The molecule has 2 atom stereocenters. The van der Waals surface area contributed by atoms with Crippen molar-refractivity contribution in [2.45, 2.75) is 24.5 Å². The molecule has 1 saturated heterocycles. The predicted octanol–water partition coefficient (Wildman–Crippen LogP) is 2.43. The van der Waals surface area contributed by atoms with Crippen molar-refractivity contribution in [3.63, 3.8) is 0 Å². The van der Waals surface area contributed by atoms with Gasteiger partial charge in [0.05, 0.1) is 6.42 Å². The standard InChI is InChI=1S/C13H13Cl2NO3S/c14-9-3-1-4-10(15)8(9)7-12(17)16-20-6-2-5-11(20)13(18)19/h1,3-4,11H,2,5-7H2,(H-,16,17,18,19)/p+1. The molecule has 0 aromatic heterocycles. The highest BCUT2D eigenvalue weighted by molar-refractivity contribution is 7.97. The van der Waals surface area contributed by atoms with Crippen LogP contribution in [0.15, 0.2) is 18.2 Å². The molecule has 1 aromatic rings. The average Bonchev–Trinajstić information content (AvgIpc) is 2.82. The number of carboxylic acids is 1. The normalized spacial score (nSPS) is 21.7. The van der Waals surface area contributed by atoms with Gasteiger partial charge in [0, 0.05) is 16.5 Å². The van der Waals surface area contributed by atoms with Gasteiger partial charge in [-0.05, 0) is 24.1 Å². The summed E-state index contributed by atoms with van der Waals surface area (Å²) in [6.45, 7) is 0. The molecule has 0 spiro atoms. The van der Waals surface area contributed by atoms with Gasteiger partial charge in [-0.1, -0.05) is 29.3 Å². The van der Waals surface area contributed by atoms with E-state index in [-0.39, 0.29) is 12.3 Å². The summed E-state index contributed by atoms with van der Waals surface area (Å²) in [6, 6.07) is 5.06. The summed E-state index contributed by atoms with van der Waals surface area (Å²) in [5.41, 5.74) is 0.572. The second-order valence-electron chi connectivity index (χ2n) is 4.50. The molecule has 2 N–H and O–H groups in total. The van der Waals surface area contributed by atoms with Gasteiger partial charge >= 0.3 is 5.97 Å². The fourth-order valence-electron chi connectivity index (χ4n) is 2.12. The molecule has 108 valence electrons. The summed E-state index contributed by atoms with van der Waals surface area (Å²) in [6.07, 6.45) is 1.51. The van der Waals surface area contributed by atoms with E-state index >= 15 is 0 Å². The first-order chi connectivity index (χ1) is 9.49. The molecule has 1 fully saturated rings. The molecule has 1 aromatic carbocycles. The van der Waals surface area contributed by atoms with Crippen LogP contribution in [0.4, 0.5) is 0 Å². The van der Waals surface area contributed by atoms with Crippen molar-refractivity contribution in [2.75, 3.05) is 5.75 Å². The highest BCUT2D eigenvalue weighted by Crippen LogP contribution is 2.25. The van der Waals surface area contributed by atoms with Crippen molar-refractivity contribution < 1.29 is 14.7 Å². The average molecular weight is 335 g/mol. The molecule has 1 amide bonds. The Kier molecular flexibility index (Phi) is 5.18. The molecule has 7 heteroatoms. The zero-order valence-electron chi connectivity index (χ0n) is 10.6. The maximum Gasteiger partial charge on any atom is 0.359 e. The quantitative estimate of drug-likeness (QED) is 0.831. The minimum Gasteiger partial charge on any atom is -0.477 e. The van der Waals surface area contributed by atoms with E-state index in [0.717, 1.165) is 12.2 Å². The minimum absolute atomic E-state index is 0.0638. The van der Waals surface area contributed by atoms with Crippen LogP contribution < -0.4 is 4.72 Å². The molecule has 0 saturated carbocycles. The molecule has 2 unspecified atom stereocenters. The second-order valence-corrected chi connectivity index (χ2v) is 7.36. The Morgan fingerprint density at radius 1 is 1.35 bits per heavy atom. The number of aliphatic carboxylic acids is 1. The third-order valence-electron chi connectivity index (χ3n) is 3.09. The molecule has 1 heterocycles. The van der Waals surface area contributed by atoms with Gasteiger partial charge < -0.3 is 5.11 Å². The summed E-state index contributed by atoms with van der Waals surface area (Å²) in [5, 5.41) is 9.50. The first kappa shape index (κ1) is 15.5. The molecule has 0 radical (unpaired) electrons. The highest BCUT2D eigenvalue weighted by Gasteiger charge is 2.43. The molecule has 20 heavy (non-hydrogen) atoms. The lowest BCUT2D eigenvalue weighted by Gasteiger charge is -2.09. The third-order valence-corrected chi connectivity index (χ3v) is 6.14. The Morgan fingerprint density at radius 3 is 2.60 bits per heavy atom. The lowest BCUT2D eigenvalue weighted by molar-refractivity contribution is -0.136. The lowest BCUT2D eigenvalue weighted by Crippen LogP contribution is -2.40. The second kappa shape index (κ2) is 6.70. The smallest absolute Gasteiger partial charge is 0.359 e. The number of carboxylic acid groups (broad SMARTS) is 1. The third kappa shape index (κ3) is 3.59. The number of amides is 1. The van der Waals surface area contributed by atoms with E-state index in [1.807, 2.05) is 0 Å². The summed E-state index contributed by atoms with van der Waals surface area (Å²) in [7, 11) is 0. The van der Waals surface area contributed by atoms with Gasteiger partial charge in [-0.2, -0.15) is 4.72 Å². The van der Waals surface area contributed by atoms with Crippen molar-refractivity contribution in [2.24, 2.45) is 0 Å². The van der Waals surface area contributed by atoms with Crippen molar-refractivity contribution >= 4 is 46.2 Å². The van der Waals surface area contributed by atoms with Crippen molar-refractivity contribution in [1.82, 2.24) is 4.72 Å². The van der Waals surface area contributed by atoms with Crippen LogP contribution in [0.25, 0.3) is 0 Å². The van der Waals surface area contributed by atoms with E-state index < -0.39 is 22.3 Å². The van der Waals surface area contributed by atoms with E-state index in [4.69, 9.17) is 28.3 Å². The number of nitrogens with one attached hydrogen (secondary N) is 1. The molecule has 1 aliphatic heterocycles. The Labute approximate surface area is 129 Å². The molecule has 2 rings (SSSR count). The molecule has 1 aliphatic rings. The van der Waals surface area contributed by atoms with Gasteiger partial charge in [0.15, 0.2) is 0 Å². The Bertz CT molecular complexity index is 518. The number of carbonyl (C=O) groups excluding carboxylic acids is 1. The van der Waals surface area contributed by atoms with Crippen LogP contribution in [0, 0.1) is 0 Å². The maximum atomic E-state index is 12.0. The predicted molar refractivity (Wildman–Crippen MR) is 81.2 cm³/mol. The molecular weight excluding hydrogens is 321 g/mol. The fourth-order valence-corrected chi connectivity index (χ4v) is 4.72. The van der Waals surface area contributed by atoms with Crippen LogP contribution in [0.1, 0.15) is 18.4 Å². The number of carbonyl (C=O) groups is 2. The molecule has 4 nitrogen and oxygen atoms in total. The summed E-state index contributed by atoms with van der Waals surface area (Å²) in [4.78, 5) is 23.1. The van der Waals surface area contributed by atoms with E-state index in [9.17, 15) is 9.59 Å². The number of benzene rings is 1. The Balaban J connectivity index is 2.01. The van der Waals surface area contributed by atoms with Crippen molar-refractivity contribution in [1.29, 1.82) is 0 Å². The first-order valence-electron chi connectivity index (χ1n) is 6.14. The SMILES string of the molecule is O=C(Cc1c(Cl)cccc1Cl)N[S+]1CCCC1C(=O)O.